The molecule has 6 rings (SSSR count). The van der Waals surface area contributed by atoms with Gasteiger partial charge in [-0.3, -0.25) is 0 Å². The van der Waals surface area contributed by atoms with E-state index in [1.165, 1.54) is 28.7 Å². The largest absolute Gasteiger partial charge is 0.389 e. The lowest BCUT2D eigenvalue weighted by atomic mass is 9.60. The van der Waals surface area contributed by atoms with Crippen LogP contribution < -0.4 is 0 Å². The summed E-state index contributed by atoms with van der Waals surface area (Å²) in [4.78, 5) is 10.5. The highest BCUT2D eigenvalue weighted by Gasteiger charge is 2.46. The van der Waals surface area contributed by atoms with Crippen molar-refractivity contribution in [3.63, 3.8) is 0 Å². The molecular formula is C29H37N3O. The van der Waals surface area contributed by atoms with E-state index in [9.17, 15) is 5.11 Å². The SMILES string of the molecule is Cc1cccc(C)c1C1=C[C@@H]2CC[C@@H]1C[C@@]2(O)CCN(C)CCCc1nc2ccccc2[nH]1. The highest BCUT2D eigenvalue weighted by molar-refractivity contribution is 5.75. The van der Waals surface area contributed by atoms with Crippen molar-refractivity contribution in [1.29, 1.82) is 0 Å². The van der Waals surface area contributed by atoms with Gasteiger partial charge in [-0.05, 0) is 99.9 Å². The van der Waals surface area contributed by atoms with Gasteiger partial charge in [-0.15, -0.1) is 0 Å². The third-order valence-electron chi connectivity index (χ3n) is 8.02. The quantitative estimate of drug-likeness (QED) is 0.471. The van der Waals surface area contributed by atoms with Crippen LogP contribution in [0.15, 0.2) is 48.5 Å². The summed E-state index contributed by atoms with van der Waals surface area (Å²) in [5, 5.41) is 11.6. The monoisotopic (exact) mass is 443 g/mol. The first-order valence-corrected chi connectivity index (χ1v) is 12.6. The number of aryl methyl sites for hydroxylation is 3. The fourth-order valence-corrected chi connectivity index (χ4v) is 6.17. The molecule has 0 radical (unpaired) electrons. The topological polar surface area (TPSA) is 52.1 Å². The number of rotatable bonds is 8. The fourth-order valence-electron chi connectivity index (χ4n) is 6.17. The van der Waals surface area contributed by atoms with Gasteiger partial charge in [0.1, 0.15) is 5.82 Å². The Hall–Kier alpha value is -2.43. The highest BCUT2D eigenvalue weighted by Crippen LogP contribution is 2.51. The van der Waals surface area contributed by atoms with Crippen molar-refractivity contribution in [2.75, 3.05) is 20.1 Å². The summed E-state index contributed by atoms with van der Waals surface area (Å²) in [7, 11) is 2.18. The molecule has 174 valence electrons. The number of aromatic nitrogens is 2. The lowest BCUT2D eigenvalue weighted by Crippen LogP contribution is -2.48. The van der Waals surface area contributed by atoms with Crippen molar-refractivity contribution in [2.24, 2.45) is 11.8 Å². The number of hydrogen-bond donors (Lipinski definition) is 2. The van der Waals surface area contributed by atoms with Crippen LogP contribution in [0.5, 0.6) is 0 Å². The van der Waals surface area contributed by atoms with Crippen molar-refractivity contribution in [2.45, 2.75) is 58.0 Å². The minimum atomic E-state index is -0.560. The molecule has 0 aliphatic heterocycles. The summed E-state index contributed by atoms with van der Waals surface area (Å²) in [5.74, 6) is 1.83. The summed E-state index contributed by atoms with van der Waals surface area (Å²) in [6.45, 7) is 6.40. The second-order valence-electron chi connectivity index (χ2n) is 10.4. The first kappa shape index (κ1) is 22.4. The second kappa shape index (κ2) is 9.08. The molecule has 2 N–H and O–H groups in total. The van der Waals surface area contributed by atoms with Gasteiger partial charge in [0.15, 0.2) is 0 Å². The third kappa shape index (κ3) is 4.51. The normalized spacial score (nSPS) is 24.6. The van der Waals surface area contributed by atoms with E-state index in [0.717, 1.165) is 62.1 Å². The molecule has 2 bridgehead atoms. The van der Waals surface area contributed by atoms with E-state index >= 15 is 0 Å². The van der Waals surface area contributed by atoms with Crippen LogP contribution in [0.25, 0.3) is 16.6 Å². The number of aliphatic hydroxyl groups is 1. The molecule has 3 atom stereocenters. The van der Waals surface area contributed by atoms with E-state index in [0.29, 0.717) is 5.92 Å². The molecular weight excluding hydrogens is 406 g/mol. The Morgan fingerprint density at radius 3 is 2.58 bits per heavy atom. The number of nitrogens with zero attached hydrogens (tertiary/aromatic N) is 2. The molecule has 0 amide bonds. The lowest BCUT2D eigenvalue weighted by molar-refractivity contribution is -0.0574. The Morgan fingerprint density at radius 2 is 1.85 bits per heavy atom. The van der Waals surface area contributed by atoms with Crippen LogP contribution in [0.3, 0.4) is 0 Å². The van der Waals surface area contributed by atoms with E-state index in [-0.39, 0.29) is 5.92 Å². The van der Waals surface area contributed by atoms with Crippen LogP contribution in [0.1, 0.15) is 54.6 Å². The molecule has 3 aliphatic rings. The van der Waals surface area contributed by atoms with Gasteiger partial charge < -0.3 is 15.0 Å². The van der Waals surface area contributed by atoms with Gasteiger partial charge in [0.2, 0.25) is 0 Å². The number of benzene rings is 2. The molecule has 4 nitrogen and oxygen atoms in total. The molecule has 4 heteroatoms. The number of para-hydroxylation sites is 2. The van der Waals surface area contributed by atoms with Gasteiger partial charge >= 0.3 is 0 Å². The van der Waals surface area contributed by atoms with Crippen molar-refractivity contribution in [3.8, 4) is 0 Å². The molecule has 0 spiro atoms. The number of allylic oxidation sites excluding steroid dienone is 1. The van der Waals surface area contributed by atoms with E-state index in [4.69, 9.17) is 0 Å². The van der Waals surface area contributed by atoms with Crippen molar-refractivity contribution >= 4 is 16.6 Å². The Labute approximate surface area is 197 Å². The summed E-state index contributed by atoms with van der Waals surface area (Å²) < 4.78 is 0. The van der Waals surface area contributed by atoms with Gasteiger partial charge in [0, 0.05) is 18.9 Å². The Bertz CT molecular complexity index is 1110. The molecule has 1 aromatic heterocycles. The maximum absolute atomic E-state index is 11.6. The van der Waals surface area contributed by atoms with E-state index in [2.05, 4.69) is 72.2 Å². The molecule has 3 aliphatic carbocycles. The maximum atomic E-state index is 11.6. The summed E-state index contributed by atoms with van der Waals surface area (Å²) in [6, 6.07) is 14.8. The zero-order valence-electron chi connectivity index (χ0n) is 20.3. The molecule has 0 unspecified atom stereocenters. The van der Waals surface area contributed by atoms with Crippen molar-refractivity contribution < 1.29 is 5.11 Å². The van der Waals surface area contributed by atoms with E-state index in [1.54, 1.807) is 0 Å². The zero-order chi connectivity index (χ0) is 23.0. The number of H-pyrrole nitrogens is 1. The standard InChI is InChI=1S/C29H37N3O/c1-20-8-6-9-21(2)28(20)24-18-23-14-13-22(24)19-29(23,33)15-17-32(3)16-7-12-27-30-25-10-4-5-11-26(25)31-27/h4-6,8-11,18,22-23,33H,7,12-17,19H2,1-3H3,(H,30,31)/t22-,23+,29+/m1/s1. The Kier molecular flexibility index (Phi) is 6.15. The van der Waals surface area contributed by atoms with Gasteiger partial charge in [-0.1, -0.05) is 36.4 Å². The lowest BCUT2D eigenvalue weighted by Gasteiger charge is -2.48. The average Bonchev–Trinajstić information content (AvgIpc) is 3.21. The predicted molar refractivity (Wildman–Crippen MR) is 136 cm³/mol. The fraction of sp³-hybridized carbons (Fsp3) is 0.483. The van der Waals surface area contributed by atoms with Gasteiger partial charge in [0.05, 0.1) is 16.6 Å². The number of nitrogens with one attached hydrogen (secondary N) is 1. The highest BCUT2D eigenvalue weighted by atomic mass is 16.3. The number of fused-ring (bicyclic) bond motifs is 3. The number of aromatic amines is 1. The molecule has 2 aromatic carbocycles. The second-order valence-corrected chi connectivity index (χ2v) is 10.4. The minimum Gasteiger partial charge on any atom is -0.389 e. The van der Waals surface area contributed by atoms with Crippen LogP contribution in [-0.2, 0) is 6.42 Å². The smallest absolute Gasteiger partial charge is 0.107 e. The molecule has 33 heavy (non-hydrogen) atoms. The first-order chi connectivity index (χ1) is 15.9. The Balaban J connectivity index is 1.16. The van der Waals surface area contributed by atoms with Crippen LogP contribution in [-0.4, -0.2) is 45.7 Å². The van der Waals surface area contributed by atoms with Crippen LogP contribution in [0.4, 0.5) is 0 Å². The van der Waals surface area contributed by atoms with Crippen LogP contribution in [0.2, 0.25) is 0 Å². The molecule has 1 saturated carbocycles. The van der Waals surface area contributed by atoms with Crippen LogP contribution in [0, 0.1) is 25.7 Å². The zero-order valence-corrected chi connectivity index (χ0v) is 20.3. The maximum Gasteiger partial charge on any atom is 0.107 e. The Morgan fingerprint density at radius 1 is 1.06 bits per heavy atom. The van der Waals surface area contributed by atoms with Crippen molar-refractivity contribution in [3.05, 3.63) is 71.1 Å². The minimum absolute atomic E-state index is 0.278. The third-order valence-corrected chi connectivity index (χ3v) is 8.02. The number of hydrogen-bond acceptors (Lipinski definition) is 3. The van der Waals surface area contributed by atoms with Crippen molar-refractivity contribution in [1.82, 2.24) is 14.9 Å². The van der Waals surface area contributed by atoms with E-state index in [1.807, 2.05) is 12.1 Å². The number of imidazole rings is 1. The molecule has 3 aromatic rings. The average molecular weight is 444 g/mol. The predicted octanol–water partition coefficient (Wildman–Crippen LogP) is 5.68. The summed E-state index contributed by atoms with van der Waals surface area (Å²) in [5.41, 5.74) is 7.24. The summed E-state index contributed by atoms with van der Waals surface area (Å²) >= 11 is 0. The van der Waals surface area contributed by atoms with Gasteiger partial charge in [-0.25, -0.2) is 4.98 Å². The summed E-state index contributed by atoms with van der Waals surface area (Å²) in [6.07, 6.45) is 8.53. The van der Waals surface area contributed by atoms with Crippen LogP contribution >= 0.6 is 0 Å². The molecule has 1 fully saturated rings. The molecule has 1 heterocycles. The van der Waals surface area contributed by atoms with Gasteiger partial charge in [0.25, 0.3) is 0 Å². The van der Waals surface area contributed by atoms with Gasteiger partial charge in [-0.2, -0.15) is 0 Å². The van der Waals surface area contributed by atoms with E-state index < -0.39 is 5.60 Å². The first-order valence-electron chi connectivity index (χ1n) is 12.6. The molecule has 0 saturated heterocycles.